The van der Waals surface area contributed by atoms with Gasteiger partial charge in [0.25, 0.3) is 0 Å². The van der Waals surface area contributed by atoms with Gasteiger partial charge >= 0.3 is 0 Å². The first kappa shape index (κ1) is 19.7. The zero-order valence-electron chi connectivity index (χ0n) is 16.4. The molecule has 2 heterocycles. The molecule has 2 aliphatic rings. The first-order valence-corrected chi connectivity index (χ1v) is 10.8. The SMILES string of the molecule is c1cc(CNCCCN2CCCC2)cc(OCCCN2CCCCC2)c1. The number of ether oxygens (including phenoxy) is 1. The van der Waals surface area contributed by atoms with Crippen molar-refractivity contribution in [3.8, 4) is 5.75 Å². The fourth-order valence-corrected chi connectivity index (χ4v) is 4.07. The molecule has 0 atom stereocenters. The molecule has 1 aromatic carbocycles. The van der Waals surface area contributed by atoms with Crippen LogP contribution in [0.1, 0.15) is 50.5 Å². The van der Waals surface area contributed by atoms with Gasteiger partial charge < -0.3 is 19.9 Å². The third kappa shape index (κ3) is 7.26. The molecule has 4 nitrogen and oxygen atoms in total. The van der Waals surface area contributed by atoms with Crippen LogP contribution in [0.3, 0.4) is 0 Å². The molecule has 2 fully saturated rings. The van der Waals surface area contributed by atoms with Gasteiger partial charge in [-0.15, -0.1) is 0 Å². The lowest BCUT2D eigenvalue weighted by Crippen LogP contribution is -2.31. The minimum absolute atomic E-state index is 0.823. The summed E-state index contributed by atoms with van der Waals surface area (Å²) in [6.07, 6.45) is 9.29. The second-order valence-corrected chi connectivity index (χ2v) is 7.83. The second kappa shape index (κ2) is 11.6. The van der Waals surface area contributed by atoms with E-state index in [2.05, 4.69) is 39.4 Å². The highest BCUT2D eigenvalue weighted by Gasteiger charge is 2.10. The van der Waals surface area contributed by atoms with Gasteiger partial charge in [-0.3, -0.25) is 0 Å². The molecule has 0 radical (unpaired) electrons. The summed E-state index contributed by atoms with van der Waals surface area (Å²) in [5.74, 6) is 1.01. The molecule has 26 heavy (non-hydrogen) atoms. The van der Waals surface area contributed by atoms with Crippen molar-refractivity contribution in [1.29, 1.82) is 0 Å². The maximum Gasteiger partial charge on any atom is 0.119 e. The number of hydrogen-bond donors (Lipinski definition) is 1. The predicted octanol–water partition coefficient (Wildman–Crippen LogP) is 3.52. The van der Waals surface area contributed by atoms with E-state index >= 15 is 0 Å². The first-order valence-electron chi connectivity index (χ1n) is 10.8. The summed E-state index contributed by atoms with van der Waals surface area (Å²) in [5, 5.41) is 3.57. The third-order valence-corrected chi connectivity index (χ3v) is 5.59. The number of rotatable bonds is 11. The lowest BCUT2D eigenvalue weighted by Gasteiger charge is -2.26. The van der Waals surface area contributed by atoms with Gasteiger partial charge in [0.15, 0.2) is 0 Å². The van der Waals surface area contributed by atoms with E-state index in [0.29, 0.717) is 0 Å². The van der Waals surface area contributed by atoms with Gasteiger partial charge in [-0.1, -0.05) is 18.6 Å². The van der Waals surface area contributed by atoms with E-state index in [1.165, 1.54) is 83.4 Å². The quantitative estimate of drug-likeness (QED) is 0.612. The number of likely N-dealkylation sites (tertiary alicyclic amines) is 2. The van der Waals surface area contributed by atoms with Crippen LogP contribution < -0.4 is 10.1 Å². The molecule has 0 saturated carbocycles. The highest BCUT2D eigenvalue weighted by atomic mass is 16.5. The van der Waals surface area contributed by atoms with Crippen molar-refractivity contribution in [1.82, 2.24) is 15.1 Å². The number of benzene rings is 1. The van der Waals surface area contributed by atoms with Crippen LogP contribution in [0.4, 0.5) is 0 Å². The molecule has 1 N–H and O–H groups in total. The molecule has 4 heteroatoms. The van der Waals surface area contributed by atoms with Gasteiger partial charge in [0.05, 0.1) is 6.61 Å². The van der Waals surface area contributed by atoms with Crippen molar-refractivity contribution >= 4 is 0 Å². The Morgan fingerprint density at radius 3 is 2.31 bits per heavy atom. The topological polar surface area (TPSA) is 27.7 Å². The van der Waals surface area contributed by atoms with Crippen LogP contribution >= 0.6 is 0 Å². The van der Waals surface area contributed by atoms with Crippen LogP contribution in [0.25, 0.3) is 0 Å². The maximum atomic E-state index is 5.97. The van der Waals surface area contributed by atoms with E-state index in [4.69, 9.17) is 4.74 Å². The Labute approximate surface area is 159 Å². The third-order valence-electron chi connectivity index (χ3n) is 5.59. The highest BCUT2D eigenvalue weighted by Crippen LogP contribution is 2.14. The zero-order chi connectivity index (χ0) is 17.9. The summed E-state index contributed by atoms with van der Waals surface area (Å²) in [6.45, 7) is 10.4. The summed E-state index contributed by atoms with van der Waals surface area (Å²) < 4.78 is 5.97. The van der Waals surface area contributed by atoms with E-state index < -0.39 is 0 Å². The Morgan fingerprint density at radius 2 is 1.54 bits per heavy atom. The van der Waals surface area contributed by atoms with E-state index in [9.17, 15) is 0 Å². The average Bonchev–Trinajstić information content (AvgIpc) is 3.20. The standard InChI is InChI=1S/C22H37N3O/c1-2-12-25(13-3-1)17-8-18-26-22-10-6-9-21(19-22)20-23-11-7-16-24-14-4-5-15-24/h6,9-10,19,23H,1-5,7-8,11-18,20H2. The van der Waals surface area contributed by atoms with E-state index in [1.54, 1.807) is 0 Å². The average molecular weight is 360 g/mol. The van der Waals surface area contributed by atoms with Crippen molar-refractivity contribution in [3.05, 3.63) is 29.8 Å². The van der Waals surface area contributed by atoms with Gasteiger partial charge in [-0.2, -0.15) is 0 Å². The zero-order valence-corrected chi connectivity index (χ0v) is 16.4. The Balaban J connectivity index is 1.26. The fourth-order valence-electron chi connectivity index (χ4n) is 4.07. The molecule has 0 spiro atoms. The van der Waals surface area contributed by atoms with Gasteiger partial charge in [0, 0.05) is 13.1 Å². The van der Waals surface area contributed by atoms with Gasteiger partial charge in [0.2, 0.25) is 0 Å². The minimum Gasteiger partial charge on any atom is -0.494 e. The number of piperidine rings is 1. The lowest BCUT2D eigenvalue weighted by molar-refractivity contribution is 0.205. The van der Waals surface area contributed by atoms with Crippen LogP contribution in [0.2, 0.25) is 0 Å². The molecule has 2 saturated heterocycles. The molecule has 0 amide bonds. The molecule has 146 valence electrons. The molecule has 2 aliphatic heterocycles. The fraction of sp³-hybridized carbons (Fsp3) is 0.727. The summed E-state index contributed by atoms with van der Waals surface area (Å²) in [6, 6.07) is 8.57. The summed E-state index contributed by atoms with van der Waals surface area (Å²) >= 11 is 0. The van der Waals surface area contributed by atoms with Crippen LogP contribution in [0.5, 0.6) is 5.75 Å². The Kier molecular flexibility index (Phi) is 8.75. The molecule has 1 aromatic rings. The maximum absolute atomic E-state index is 5.97. The van der Waals surface area contributed by atoms with Crippen molar-refractivity contribution in [2.45, 2.75) is 51.5 Å². The molecule has 3 rings (SSSR count). The molecule has 0 aliphatic carbocycles. The van der Waals surface area contributed by atoms with Crippen LogP contribution in [-0.4, -0.2) is 62.2 Å². The van der Waals surface area contributed by atoms with Crippen molar-refractivity contribution in [2.24, 2.45) is 0 Å². The number of hydrogen-bond acceptors (Lipinski definition) is 4. The van der Waals surface area contributed by atoms with E-state index in [1.807, 2.05) is 0 Å². The molecule has 0 bridgehead atoms. The predicted molar refractivity (Wildman–Crippen MR) is 109 cm³/mol. The Bertz CT molecular complexity index is 496. The van der Waals surface area contributed by atoms with E-state index in [-0.39, 0.29) is 0 Å². The number of nitrogens with zero attached hydrogens (tertiary/aromatic N) is 2. The van der Waals surface area contributed by atoms with Crippen LogP contribution in [0, 0.1) is 0 Å². The Hall–Kier alpha value is -1.10. The summed E-state index contributed by atoms with van der Waals surface area (Å²) in [7, 11) is 0. The van der Waals surface area contributed by atoms with Crippen LogP contribution in [-0.2, 0) is 6.54 Å². The smallest absolute Gasteiger partial charge is 0.119 e. The van der Waals surface area contributed by atoms with Crippen molar-refractivity contribution in [3.63, 3.8) is 0 Å². The second-order valence-electron chi connectivity index (χ2n) is 7.83. The van der Waals surface area contributed by atoms with Crippen molar-refractivity contribution < 1.29 is 4.74 Å². The Morgan fingerprint density at radius 1 is 0.846 bits per heavy atom. The molecular weight excluding hydrogens is 322 g/mol. The number of nitrogens with one attached hydrogen (secondary N) is 1. The monoisotopic (exact) mass is 359 g/mol. The molecular formula is C22H37N3O. The van der Waals surface area contributed by atoms with Gasteiger partial charge in [-0.05, 0) is 95.5 Å². The van der Waals surface area contributed by atoms with Gasteiger partial charge in [-0.25, -0.2) is 0 Å². The highest BCUT2D eigenvalue weighted by molar-refractivity contribution is 5.28. The summed E-state index contributed by atoms with van der Waals surface area (Å²) in [4.78, 5) is 5.16. The first-order chi connectivity index (χ1) is 12.9. The normalized spacial score (nSPS) is 19.1. The molecule has 0 aromatic heterocycles. The lowest BCUT2D eigenvalue weighted by atomic mass is 10.1. The van der Waals surface area contributed by atoms with Crippen molar-refractivity contribution in [2.75, 3.05) is 52.4 Å². The van der Waals surface area contributed by atoms with E-state index in [0.717, 1.165) is 31.9 Å². The van der Waals surface area contributed by atoms with Crippen LogP contribution in [0.15, 0.2) is 24.3 Å². The largest absolute Gasteiger partial charge is 0.494 e. The summed E-state index contributed by atoms with van der Waals surface area (Å²) in [5.41, 5.74) is 1.32. The minimum atomic E-state index is 0.823. The molecule has 0 unspecified atom stereocenters. The van der Waals surface area contributed by atoms with Gasteiger partial charge in [0.1, 0.15) is 5.75 Å².